The average molecular weight is 237 g/mol. The Labute approximate surface area is 98.7 Å². The fourth-order valence-electron chi connectivity index (χ4n) is 1.55. The van der Waals surface area contributed by atoms with Crippen LogP contribution in [0.2, 0.25) is 0 Å². The van der Waals surface area contributed by atoms with E-state index in [0.29, 0.717) is 5.25 Å². The van der Waals surface area contributed by atoms with Gasteiger partial charge in [0.1, 0.15) is 0 Å². The minimum absolute atomic E-state index is 0.671. The van der Waals surface area contributed by atoms with Crippen molar-refractivity contribution in [2.24, 2.45) is 0 Å². The topological polar surface area (TPSA) is 26.0 Å². The molecule has 0 unspecified atom stereocenters. The van der Waals surface area contributed by atoms with E-state index in [0.717, 1.165) is 11.4 Å². The quantitative estimate of drug-likeness (QED) is 0.812. The second-order valence-corrected chi connectivity index (χ2v) is 6.32. The van der Waals surface area contributed by atoms with Gasteiger partial charge in [0.25, 0.3) is 0 Å². The van der Waals surface area contributed by atoms with Gasteiger partial charge in [0.15, 0.2) is 0 Å². The monoisotopic (exact) mass is 237 g/mol. The molecule has 1 aromatic carbocycles. The van der Waals surface area contributed by atoms with Gasteiger partial charge < -0.3 is 5.73 Å². The van der Waals surface area contributed by atoms with Gasteiger partial charge in [-0.15, -0.1) is 11.3 Å². The molecule has 0 radical (unpaired) electrons. The van der Waals surface area contributed by atoms with Crippen LogP contribution in [0, 0.1) is 0 Å². The van der Waals surface area contributed by atoms with Gasteiger partial charge in [-0.05, 0) is 28.3 Å². The molecule has 0 saturated heterocycles. The summed E-state index contributed by atoms with van der Waals surface area (Å²) in [5.74, 6) is 1.06. The smallest absolute Gasteiger partial charge is 0.0405 e. The van der Waals surface area contributed by atoms with Gasteiger partial charge in [-0.2, -0.15) is 11.8 Å². The maximum atomic E-state index is 6.01. The number of nitrogen functional groups attached to an aromatic ring is 1. The van der Waals surface area contributed by atoms with Crippen LogP contribution in [0.15, 0.2) is 23.6 Å². The summed E-state index contributed by atoms with van der Waals surface area (Å²) >= 11 is 3.75. The second kappa shape index (κ2) is 4.45. The first-order chi connectivity index (χ1) is 7.18. The summed E-state index contributed by atoms with van der Waals surface area (Å²) in [6, 6.07) is 6.14. The maximum Gasteiger partial charge on any atom is 0.0405 e. The highest BCUT2D eigenvalue weighted by Crippen LogP contribution is 2.33. The van der Waals surface area contributed by atoms with Gasteiger partial charge >= 0.3 is 0 Å². The lowest BCUT2D eigenvalue weighted by molar-refractivity contribution is 1.11. The van der Waals surface area contributed by atoms with Crippen LogP contribution in [0.4, 0.5) is 5.69 Å². The number of hydrogen-bond acceptors (Lipinski definition) is 3. The summed E-state index contributed by atoms with van der Waals surface area (Å²) in [5, 5.41) is 4.16. The van der Waals surface area contributed by atoms with E-state index in [4.69, 9.17) is 5.73 Å². The Hall–Kier alpha value is -0.670. The Bertz CT molecular complexity index is 460. The van der Waals surface area contributed by atoms with Gasteiger partial charge in [-0.3, -0.25) is 0 Å². The zero-order chi connectivity index (χ0) is 10.8. The van der Waals surface area contributed by atoms with E-state index in [2.05, 4.69) is 25.3 Å². The molecule has 80 valence electrons. The van der Waals surface area contributed by atoms with Crippen molar-refractivity contribution < 1.29 is 0 Å². The first kappa shape index (κ1) is 10.8. The average Bonchev–Trinajstić information content (AvgIpc) is 2.59. The molecule has 1 nitrogen and oxygen atoms in total. The lowest BCUT2D eigenvalue weighted by Gasteiger charge is -2.04. The number of anilines is 1. The molecule has 3 heteroatoms. The number of rotatable bonds is 3. The lowest BCUT2D eigenvalue weighted by Crippen LogP contribution is -1.90. The molecule has 0 aliphatic rings. The lowest BCUT2D eigenvalue weighted by atomic mass is 10.1. The van der Waals surface area contributed by atoms with Crippen LogP contribution in [0.25, 0.3) is 10.1 Å². The molecule has 2 aromatic rings. The maximum absolute atomic E-state index is 6.01. The largest absolute Gasteiger partial charge is 0.398 e. The van der Waals surface area contributed by atoms with E-state index in [1.165, 1.54) is 15.6 Å². The van der Waals surface area contributed by atoms with Crippen molar-refractivity contribution in [2.45, 2.75) is 24.9 Å². The normalized spacial score (nSPS) is 11.4. The third kappa shape index (κ3) is 2.29. The summed E-state index contributed by atoms with van der Waals surface area (Å²) in [6.07, 6.45) is 0. The van der Waals surface area contributed by atoms with Crippen molar-refractivity contribution in [3.63, 3.8) is 0 Å². The number of fused-ring (bicyclic) bond motifs is 1. The Morgan fingerprint density at radius 3 is 2.93 bits per heavy atom. The van der Waals surface area contributed by atoms with E-state index in [-0.39, 0.29) is 0 Å². The number of thioether (sulfide) groups is 1. The van der Waals surface area contributed by atoms with Gasteiger partial charge in [-0.1, -0.05) is 19.9 Å². The molecule has 0 bridgehead atoms. The SMILES string of the molecule is CC(C)SCc1csc2cccc(N)c12. The molecule has 1 aromatic heterocycles. The van der Waals surface area contributed by atoms with Crippen LogP contribution >= 0.6 is 23.1 Å². The van der Waals surface area contributed by atoms with Crippen molar-refractivity contribution in [1.29, 1.82) is 0 Å². The molecule has 0 aliphatic heterocycles. The first-order valence-electron chi connectivity index (χ1n) is 5.04. The standard InChI is InChI=1S/C12H15NS2/c1-8(2)14-6-9-7-15-11-5-3-4-10(13)12(9)11/h3-5,7-8H,6,13H2,1-2H3. The Morgan fingerprint density at radius 1 is 1.40 bits per heavy atom. The van der Waals surface area contributed by atoms with Crippen LogP contribution < -0.4 is 5.73 Å². The first-order valence-corrected chi connectivity index (χ1v) is 6.97. The van der Waals surface area contributed by atoms with Crippen molar-refractivity contribution in [1.82, 2.24) is 0 Å². The third-order valence-corrected chi connectivity index (χ3v) is 4.42. The summed E-state index contributed by atoms with van der Waals surface area (Å²) < 4.78 is 1.30. The molecule has 2 N–H and O–H groups in total. The van der Waals surface area contributed by atoms with Gasteiger partial charge in [0.2, 0.25) is 0 Å². The van der Waals surface area contributed by atoms with Crippen molar-refractivity contribution >= 4 is 38.9 Å². The summed E-state index contributed by atoms with van der Waals surface area (Å²) in [6.45, 7) is 4.45. The summed E-state index contributed by atoms with van der Waals surface area (Å²) in [7, 11) is 0. The van der Waals surface area contributed by atoms with Crippen molar-refractivity contribution in [2.75, 3.05) is 5.73 Å². The Morgan fingerprint density at radius 2 is 2.20 bits per heavy atom. The molecule has 15 heavy (non-hydrogen) atoms. The highest BCUT2D eigenvalue weighted by atomic mass is 32.2. The van der Waals surface area contributed by atoms with Gasteiger partial charge in [-0.25, -0.2) is 0 Å². The second-order valence-electron chi connectivity index (χ2n) is 3.84. The molecule has 0 amide bonds. The van der Waals surface area contributed by atoms with E-state index in [1.54, 1.807) is 11.3 Å². The van der Waals surface area contributed by atoms with Crippen LogP contribution in [0.1, 0.15) is 19.4 Å². The van der Waals surface area contributed by atoms with E-state index < -0.39 is 0 Å². The minimum atomic E-state index is 0.671. The minimum Gasteiger partial charge on any atom is -0.398 e. The fourth-order valence-corrected chi connectivity index (χ4v) is 3.39. The highest BCUT2D eigenvalue weighted by molar-refractivity contribution is 7.99. The van der Waals surface area contributed by atoms with E-state index in [9.17, 15) is 0 Å². The molecule has 2 rings (SSSR count). The van der Waals surface area contributed by atoms with E-state index >= 15 is 0 Å². The summed E-state index contributed by atoms with van der Waals surface area (Å²) in [4.78, 5) is 0. The predicted molar refractivity (Wildman–Crippen MR) is 72.7 cm³/mol. The molecule has 0 saturated carbocycles. The van der Waals surface area contributed by atoms with Gasteiger partial charge in [0.05, 0.1) is 0 Å². The van der Waals surface area contributed by atoms with Gasteiger partial charge in [0, 0.05) is 21.5 Å². The van der Waals surface area contributed by atoms with Crippen molar-refractivity contribution in [3.8, 4) is 0 Å². The highest BCUT2D eigenvalue weighted by Gasteiger charge is 2.07. The number of benzene rings is 1. The predicted octanol–water partition coefficient (Wildman–Crippen LogP) is 4.13. The number of hydrogen-bond donors (Lipinski definition) is 1. The Balaban J connectivity index is 2.35. The molecule has 0 spiro atoms. The molecule has 1 heterocycles. The van der Waals surface area contributed by atoms with Crippen LogP contribution in [0.3, 0.4) is 0 Å². The number of thiophene rings is 1. The third-order valence-electron chi connectivity index (χ3n) is 2.28. The number of nitrogens with two attached hydrogens (primary N) is 1. The Kier molecular flexibility index (Phi) is 3.22. The van der Waals surface area contributed by atoms with E-state index in [1.807, 2.05) is 23.9 Å². The van der Waals surface area contributed by atoms with Crippen LogP contribution in [-0.4, -0.2) is 5.25 Å². The molecule has 0 aliphatic carbocycles. The summed E-state index contributed by atoms with van der Waals surface area (Å²) in [5.41, 5.74) is 8.30. The molecular formula is C12H15NS2. The zero-order valence-corrected chi connectivity index (χ0v) is 10.6. The van der Waals surface area contributed by atoms with Crippen LogP contribution in [0.5, 0.6) is 0 Å². The van der Waals surface area contributed by atoms with Crippen LogP contribution in [-0.2, 0) is 5.75 Å². The zero-order valence-electron chi connectivity index (χ0n) is 8.99. The fraction of sp³-hybridized carbons (Fsp3) is 0.333. The van der Waals surface area contributed by atoms with Crippen molar-refractivity contribution in [3.05, 3.63) is 29.1 Å². The molecule has 0 fully saturated rings. The molecule has 0 atom stereocenters. The molecular weight excluding hydrogens is 222 g/mol.